The van der Waals surface area contributed by atoms with Crippen LogP contribution in [0.2, 0.25) is 0 Å². The summed E-state index contributed by atoms with van der Waals surface area (Å²) in [7, 11) is 0. The normalized spacial score (nSPS) is 17.2. The number of thiophene rings is 1. The highest BCUT2D eigenvalue weighted by molar-refractivity contribution is 8.04. The van der Waals surface area contributed by atoms with Gasteiger partial charge >= 0.3 is 12.1 Å². The summed E-state index contributed by atoms with van der Waals surface area (Å²) in [6, 6.07) is 10.4. The number of thioether (sulfide) groups is 1. The fraction of sp³-hybridized carbons (Fsp3) is 0.542. The van der Waals surface area contributed by atoms with Gasteiger partial charge in [0.25, 0.3) is 0 Å². The molecule has 0 spiro atoms. The topological polar surface area (TPSA) is 29.5 Å². The number of ether oxygens (including phenoxy) is 1. The monoisotopic (exact) mass is 517 g/mol. The maximum Gasteiger partial charge on any atom is 0.391 e. The molecular formula is C24H30F3NO2S3. The Morgan fingerprint density at radius 2 is 2.00 bits per heavy atom. The lowest BCUT2D eigenvalue weighted by Crippen LogP contribution is -2.20. The first kappa shape index (κ1) is 26.3. The molecule has 1 aliphatic heterocycles. The second-order valence-corrected chi connectivity index (χ2v) is 11.6. The SMILES string of the molecule is CCOC(=O)CC1=CSCN1SC(CC(C)CCC(C)C(F)(F)F)c1cc2ccccc2s1. The highest BCUT2D eigenvalue weighted by Crippen LogP contribution is 2.46. The van der Waals surface area contributed by atoms with Crippen LogP contribution < -0.4 is 0 Å². The van der Waals surface area contributed by atoms with E-state index in [2.05, 4.69) is 22.5 Å². The first-order chi connectivity index (χ1) is 15.7. The molecule has 0 bridgehead atoms. The van der Waals surface area contributed by atoms with Crippen molar-refractivity contribution in [1.82, 2.24) is 4.31 Å². The van der Waals surface area contributed by atoms with Crippen LogP contribution in [-0.2, 0) is 9.53 Å². The number of rotatable bonds is 11. The zero-order valence-corrected chi connectivity index (χ0v) is 21.5. The molecule has 33 heavy (non-hydrogen) atoms. The van der Waals surface area contributed by atoms with Crippen LogP contribution in [0.15, 0.2) is 41.4 Å². The molecule has 0 saturated heterocycles. The third-order valence-corrected chi connectivity index (χ3v) is 9.35. The van der Waals surface area contributed by atoms with E-state index in [4.69, 9.17) is 4.74 Å². The van der Waals surface area contributed by atoms with Gasteiger partial charge in [-0.2, -0.15) is 13.2 Å². The van der Waals surface area contributed by atoms with Crippen molar-refractivity contribution >= 4 is 51.1 Å². The molecule has 9 heteroatoms. The van der Waals surface area contributed by atoms with E-state index in [-0.39, 0.29) is 30.0 Å². The highest BCUT2D eigenvalue weighted by Gasteiger charge is 2.36. The molecule has 3 unspecified atom stereocenters. The van der Waals surface area contributed by atoms with Gasteiger partial charge in [0.15, 0.2) is 0 Å². The number of esters is 1. The second kappa shape index (κ2) is 11.9. The van der Waals surface area contributed by atoms with Crippen LogP contribution in [-0.4, -0.2) is 28.9 Å². The summed E-state index contributed by atoms with van der Waals surface area (Å²) >= 11 is 5.06. The van der Waals surface area contributed by atoms with E-state index in [1.54, 1.807) is 42.0 Å². The van der Waals surface area contributed by atoms with Crippen LogP contribution in [0.3, 0.4) is 0 Å². The van der Waals surface area contributed by atoms with Gasteiger partial charge in [-0.3, -0.25) is 4.79 Å². The Morgan fingerprint density at radius 3 is 2.70 bits per heavy atom. The molecule has 0 aliphatic carbocycles. The number of hydrogen-bond donors (Lipinski definition) is 0. The highest BCUT2D eigenvalue weighted by atomic mass is 32.2. The molecule has 3 atom stereocenters. The molecule has 2 aromatic rings. The summed E-state index contributed by atoms with van der Waals surface area (Å²) in [5, 5.41) is 3.28. The maximum absolute atomic E-state index is 13.0. The number of benzene rings is 1. The Morgan fingerprint density at radius 1 is 1.24 bits per heavy atom. The van der Waals surface area contributed by atoms with Crippen LogP contribution in [0.4, 0.5) is 13.2 Å². The molecular weight excluding hydrogens is 487 g/mol. The van der Waals surface area contributed by atoms with Gasteiger partial charge in [-0.1, -0.05) is 38.5 Å². The number of alkyl halides is 3. The van der Waals surface area contributed by atoms with Crippen LogP contribution >= 0.6 is 35.0 Å². The minimum atomic E-state index is -4.14. The molecule has 3 nitrogen and oxygen atoms in total. The van der Waals surface area contributed by atoms with Crippen molar-refractivity contribution in [1.29, 1.82) is 0 Å². The van der Waals surface area contributed by atoms with E-state index in [1.165, 1.54) is 21.9 Å². The Balaban J connectivity index is 1.73. The van der Waals surface area contributed by atoms with Crippen molar-refractivity contribution < 1.29 is 22.7 Å². The molecule has 3 rings (SSSR count). The lowest BCUT2D eigenvalue weighted by atomic mass is 9.94. The summed E-state index contributed by atoms with van der Waals surface area (Å²) in [5.74, 6) is -0.653. The Hall–Kier alpha value is -1.32. The van der Waals surface area contributed by atoms with E-state index in [1.807, 2.05) is 24.5 Å². The quantitative estimate of drug-likeness (QED) is 0.221. The van der Waals surface area contributed by atoms with Gasteiger partial charge in [-0.05, 0) is 60.6 Å². The van der Waals surface area contributed by atoms with Crippen LogP contribution in [0.1, 0.15) is 56.6 Å². The molecule has 182 valence electrons. The van der Waals surface area contributed by atoms with Crippen LogP contribution in [0.25, 0.3) is 10.1 Å². The van der Waals surface area contributed by atoms with Gasteiger partial charge in [0.2, 0.25) is 0 Å². The van der Waals surface area contributed by atoms with Gasteiger partial charge < -0.3 is 9.04 Å². The smallest absolute Gasteiger partial charge is 0.391 e. The zero-order valence-electron chi connectivity index (χ0n) is 19.1. The van der Waals surface area contributed by atoms with Gasteiger partial charge in [0.05, 0.1) is 30.1 Å². The van der Waals surface area contributed by atoms with Crippen molar-refractivity contribution in [2.75, 3.05) is 12.5 Å². The fourth-order valence-electron chi connectivity index (χ4n) is 3.64. The van der Waals surface area contributed by atoms with Crippen LogP contribution in [0, 0.1) is 11.8 Å². The first-order valence-electron chi connectivity index (χ1n) is 11.1. The number of carbonyl (C=O) groups excluding carboxylic acids is 1. The van der Waals surface area contributed by atoms with Crippen molar-refractivity contribution in [3.8, 4) is 0 Å². The Bertz CT molecular complexity index is 927. The van der Waals surface area contributed by atoms with E-state index < -0.39 is 12.1 Å². The van der Waals surface area contributed by atoms with Crippen molar-refractivity contribution in [2.24, 2.45) is 11.8 Å². The number of hydrogen-bond acceptors (Lipinski definition) is 6. The van der Waals surface area contributed by atoms with Crippen molar-refractivity contribution in [3.63, 3.8) is 0 Å². The molecule has 2 heterocycles. The van der Waals surface area contributed by atoms with E-state index in [9.17, 15) is 18.0 Å². The average molecular weight is 518 g/mol. The summed E-state index contributed by atoms with van der Waals surface area (Å²) < 4.78 is 47.3. The largest absolute Gasteiger partial charge is 0.466 e. The van der Waals surface area contributed by atoms with Gasteiger partial charge in [0, 0.05) is 15.3 Å². The molecule has 0 saturated carbocycles. The van der Waals surface area contributed by atoms with E-state index >= 15 is 0 Å². The van der Waals surface area contributed by atoms with Crippen LogP contribution in [0.5, 0.6) is 0 Å². The van der Waals surface area contributed by atoms with Crippen molar-refractivity contribution in [3.05, 3.63) is 46.3 Å². The number of carbonyl (C=O) groups is 1. The predicted octanol–water partition coefficient (Wildman–Crippen LogP) is 8.40. The van der Waals surface area contributed by atoms with Gasteiger partial charge in [-0.25, -0.2) is 0 Å². The molecule has 0 fully saturated rings. The molecule has 1 aromatic heterocycles. The number of halogens is 3. The van der Waals surface area contributed by atoms with E-state index in [0.29, 0.717) is 13.0 Å². The van der Waals surface area contributed by atoms with Crippen molar-refractivity contribution in [2.45, 2.75) is 57.9 Å². The second-order valence-electron chi connectivity index (χ2n) is 8.41. The fourth-order valence-corrected chi connectivity index (χ4v) is 7.39. The molecule has 0 amide bonds. The third-order valence-electron chi connectivity index (χ3n) is 5.65. The number of nitrogens with zero attached hydrogens (tertiary/aromatic N) is 1. The lowest BCUT2D eigenvalue weighted by Gasteiger charge is -2.27. The minimum Gasteiger partial charge on any atom is -0.466 e. The first-order valence-corrected chi connectivity index (χ1v) is 13.8. The molecule has 0 radical (unpaired) electrons. The summed E-state index contributed by atoms with van der Waals surface area (Å²) in [6.45, 7) is 5.45. The molecule has 1 aromatic carbocycles. The molecule has 0 N–H and O–H groups in total. The van der Waals surface area contributed by atoms with Gasteiger partial charge in [-0.15, -0.1) is 23.1 Å². The van der Waals surface area contributed by atoms with Gasteiger partial charge in [0.1, 0.15) is 0 Å². The number of fused-ring (bicyclic) bond motifs is 1. The Labute approximate surface area is 206 Å². The summed E-state index contributed by atoms with van der Waals surface area (Å²) in [4.78, 5) is 13.2. The predicted molar refractivity (Wildman–Crippen MR) is 134 cm³/mol. The average Bonchev–Trinajstić information content (AvgIpc) is 3.37. The maximum atomic E-state index is 13.0. The zero-order chi connectivity index (χ0) is 24.0. The summed E-state index contributed by atoms with van der Waals surface area (Å²) in [5.41, 5.74) is 0.924. The lowest BCUT2D eigenvalue weighted by molar-refractivity contribution is -0.171. The third kappa shape index (κ3) is 7.59. The summed E-state index contributed by atoms with van der Waals surface area (Å²) in [6.07, 6.45) is -2.47. The van der Waals surface area contributed by atoms with E-state index in [0.717, 1.165) is 18.0 Å². The standard InChI is InChI=1S/C24H30F3NO2S3/c1-4-30-23(29)13-19-14-31-15-28(19)33-22(11-16(2)9-10-17(3)24(25,26)27)21-12-18-7-5-6-8-20(18)32-21/h5-8,12,14,16-17,22H,4,9-11,13,15H2,1-3H3. The molecule has 1 aliphatic rings. The Kier molecular flexibility index (Phi) is 9.47. The minimum absolute atomic E-state index is 0.0999.